The highest BCUT2D eigenvalue weighted by atomic mass is 16.5. The zero-order chi connectivity index (χ0) is 32.7. The van der Waals surface area contributed by atoms with Crippen molar-refractivity contribution in [3.8, 4) is 5.75 Å². The molecule has 7 heteroatoms. The van der Waals surface area contributed by atoms with Gasteiger partial charge in [0, 0.05) is 37.8 Å². The molecular weight excluding hydrogens is 586 g/mol. The van der Waals surface area contributed by atoms with Crippen LogP contribution < -0.4 is 0 Å². The summed E-state index contributed by atoms with van der Waals surface area (Å²) in [5, 5.41) is 10.3. The van der Waals surface area contributed by atoms with Crippen molar-refractivity contribution in [2.75, 3.05) is 19.7 Å². The molecule has 0 bridgehead atoms. The largest absolute Gasteiger partial charge is 0.507 e. The Morgan fingerprint density at radius 2 is 1.68 bits per heavy atom. The predicted octanol–water partition coefficient (Wildman–Crippen LogP) is 6.73. The number of rotatable bonds is 8. The minimum atomic E-state index is -0.317. The average molecular weight is 632 g/mol. The van der Waals surface area contributed by atoms with Crippen LogP contribution in [0.3, 0.4) is 0 Å². The Morgan fingerprint density at radius 1 is 0.957 bits per heavy atom. The number of nitrogens with zero attached hydrogens (tertiary/aromatic N) is 3. The summed E-state index contributed by atoms with van der Waals surface area (Å²) in [4.78, 5) is 36.7. The molecule has 1 aromatic heterocycles. The number of phenols is 1. The first-order valence-corrected chi connectivity index (χ1v) is 17.1. The molecule has 3 fully saturated rings. The van der Waals surface area contributed by atoms with Gasteiger partial charge in [-0.05, 0) is 117 Å². The molecule has 0 unspecified atom stereocenters. The minimum absolute atomic E-state index is 0.0206. The van der Waals surface area contributed by atoms with Crippen molar-refractivity contribution in [3.63, 3.8) is 0 Å². The Kier molecular flexibility index (Phi) is 8.86. The van der Waals surface area contributed by atoms with Gasteiger partial charge in [-0.3, -0.25) is 24.4 Å². The highest BCUT2D eigenvalue weighted by Crippen LogP contribution is 2.50. The first-order valence-electron chi connectivity index (χ1n) is 17.1. The van der Waals surface area contributed by atoms with E-state index in [1.165, 1.54) is 16.7 Å². The first-order chi connectivity index (χ1) is 22.8. The smallest absolute Gasteiger partial charge is 0.234 e. The molecular formula is C40H45N3O4. The maximum Gasteiger partial charge on any atom is 0.234 e. The number of hydrogen-bond acceptors (Lipinski definition) is 6. The van der Waals surface area contributed by atoms with Gasteiger partial charge in [0.05, 0.1) is 30.2 Å². The fourth-order valence-electron chi connectivity index (χ4n) is 8.58. The summed E-state index contributed by atoms with van der Waals surface area (Å²) in [5.74, 6) is -0.246. The number of phenolic OH excluding ortho intramolecular Hbond substituents is 1. The molecule has 4 heterocycles. The van der Waals surface area contributed by atoms with E-state index in [4.69, 9.17) is 4.74 Å². The van der Waals surface area contributed by atoms with Gasteiger partial charge in [-0.25, -0.2) is 0 Å². The number of ether oxygens (including phenoxy) is 1. The SMILES string of the molecule is CC1=C2[C@@H](CC/C(=C/c3cc(C)c(O)c(C)c3)c3ccccn3)OC[C@@H]2[C@@H]2C(=O)N(C3CCN(Cc4ccccc4)CC3)C(=O)[C@@H]2C1. The average Bonchev–Trinajstić information content (AvgIpc) is 3.61. The maximum absolute atomic E-state index is 14.1. The van der Waals surface area contributed by atoms with Crippen molar-refractivity contribution < 1.29 is 19.4 Å². The molecule has 0 radical (unpaired) electrons. The highest BCUT2D eigenvalue weighted by molar-refractivity contribution is 6.06. The Bertz CT molecular complexity index is 1680. The summed E-state index contributed by atoms with van der Waals surface area (Å²) in [6.45, 7) is 9.14. The summed E-state index contributed by atoms with van der Waals surface area (Å²) >= 11 is 0. The van der Waals surface area contributed by atoms with Crippen molar-refractivity contribution in [1.29, 1.82) is 0 Å². The van der Waals surface area contributed by atoms with Gasteiger partial charge in [-0.15, -0.1) is 0 Å². The van der Waals surface area contributed by atoms with Gasteiger partial charge < -0.3 is 9.84 Å². The van der Waals surface area contributed by atoms with Crippen LogP contribution in [0.15, 0.2) is 78.0 Å². The Labute approximate surface area is 278 Å². The van der Waals surface area contributed by atoms with Gasteiger partial charge >= 0.3 is 0 Å². The van der Waals surface area contributed by atoms with Gasteiger partial charge in [0.1, 0.15) is 5.75 Å². The summed E-state index contributed by atoms with van der Waals surface area (Å²) in [7, 11) is 0. The van der Waals surface area contributed by atoms with E-state index in [1.807, 2.05) is 56.4 Å². The Hall–Kier alpha value is -4.07. The second-order valence-electron chi connectivity index (χ2n) is 14.0. The summed E-state index contributed by atoms with van der Waals surface area (Å²) < 4.78 is 6.48. The van der Waals surface area contributed by atoms with E-state index in [0.29, 0.717) is 18.8 Å². The third-order valence-electron chi connectivity index (χ3n) is 10.9. The van der Waals surface area contributed by atoms with Crippen LogP contribution in [0.1, 0.15) is 67.0 Å². The number of likely N-dealkylation sites (tertiary alicyclic amines) is 2. The predicted molar refractivity (Wildman–Crippen MR) is 183 cm³/mol. The van der Waals surface area contributed by atoms with Crippen molar-refractivity contribution >= 4 is 23.5 Å². The van der Waals surface area contributed by atoms with Crippen molar-refractivity contribution in [2.45, 2.75) is 71.6 Å². The van der Waals surface area contributed by atoms with Crippen LogP contribution in [0.2, 0.25) is 0 Å². The summed E-state index contributed by atoms with van der Waals surface area (Å²) in [6.07, 6.45) is 7.70. The van der Waals surface area contributed by atoms with E-state index < -0.39 is 0 Å². The highest BCUT2D eigenvalue weighted by Gasteiger charge is 2.57. The van der Waals surface area contributed by atoms with Crippen LogP contribution in [0.5, 0.6) is 5.75 Å². The number of carbonyl (C=O) groups excluding carboxylic acids is 2. The molecule has 3 saturated heterocycles. The fourth-order valence-corrected chi connectivity index (χ4v) is 8.58. The molecule has 1 aliphatic carbocycles. The molecule has 2 amide bonds. The molecule has 7 nitrogen and oxygen atoms in total. The number of amides is 2. The van der Waals surface area contributed by atoms with E-state index >= 15 is 0 Å². The number of aryl methyl sites for hydroxylation is 2. The molecule has 0 saturated carbocycles. The van der Waals surface area contributed by atoms with Gasteiger partial charge in [-0.2, -0.15) is 0 Å². The Morgan fingerprint density at radius 3 is 2.38 bits per heavy atom. The number of aromatic hydroxyl groups is 1. The molecule has 1 N–H and O–H groups in total. The molecule has 244 valence electrons. The van der Waals surface area contributed by atoms with Crippen molar-refractivity contribution in [2.24, 2.45) is 17.8 Å². The molecule has 2 aromatic carbocycles. The number of aromatic nitrogens is 1. The second kappa shape index (κ2) is 13.2. The number of imide groups is 1. The van der Waals surface area contributed by atoms with Crippen molar-refractivity contribution in [1.82, 2.24) is 14.8 Å². The van der Waals surface area contributed by atoms with Crippen LogP contribution in [0, 0.1) is 31.6 Å². The van der Waals surface area contributed by atoms with Gasteiger partial charge in [0.2, 0.25) is 11.8 Å². The molecule has 3 aromatic rings. The molecule has 0 spiro atoms. The number of carbonyl (C=O) groups is 2. The quantitative estimate of drug-likeness (QED) is 0.219. The Balaban J connectivity index is 1.05. The van der Waals surface area contributed by atoms with E-state index in [9.17, 15) is 14.7 Å². The number of allylic oxidation sites excluding steroid dienone is 2. The number of pyridine rings is 1. The van der Waals surface area contributed by atoms with E-state index in [0.717, 1.165) is 73.3 Å². The van der Waals surface area contributed by atoms with E-state index in [1.54, 1.807) is 4.90 Å². The lowest BCUT2D eigenvalue weighted by molar-refractivity contribution is -0.144. The van der Waals surface area contributed by atoms with Crippen LogP contribution >= 0.6 is 0 Å². The third kappa shape index (κ3) is 6.19. The molecule has 4 aliphatic rings. The standard InChI is InChI=1S/C40H45N3O4/c1-25-21-32-37(40(46)43(39(32)45)31-14-17-42(18-15-31)23-28-9-5-4-6-10-28)33-24-47-35(36(25)33)13-12-30(34-11-7-8-16-41-34)22-29-19-26(2)38(44)27(3)20-29/h4-11,16,19-20,22,31-33,35,37,44H,12-15,17-18,21,23-24H2,1-3H3/b30-22-/t32-,33+,35-,37-/m1/s1. The zero-order valence-electron chi connectivity index (χ0n) is 27.7. The van der Waals surface area contributed by atoms with Crippen LogP contribution in [-0.2, 0) is 20.9 Å². The number of fused-ring (bicyclic) bond motifs is 3. The minimum Gasteiger partial charge on any atom is -0.507 e. The molecule has 4 atom stereocenters. The molecule has 3 aliphatic heterocycles. The van der Waals surface area contributed by atoms with Crippen LogP contribution in [0.25, 0.3) is 11.6 Å². The third-order valence-corrected chi connectivity index (χ3v) is 10.9. The van der Waals surface area contributed by atoms with E-state index in [2.05, 4.69) is 47.1 Å². The number of benzene rings is 2. The van der Waals surface area contributed by atoms with Gasteiger partial charge in [0.25, 0.3) is 0 Å². The lowest BCUT2D eigenvalue weighted by atomic mass is 9.70. The number of piperidine rings is 1. The lowest BCUT2D eigenvalue weighted by Gasteiger charge is -2.36. The normalized spacial score (nSPS) is 25.4. The molecule has 47 heavy (non-hydrogen) atoms. The second-order valence-corrected chi connectivity index (χ2v) is 14.0. The first kappa shape index (κ1) is 31.5. The topological polar surface area (TPSA) is 83.0 Å². The summed E-state index contributed by atoms with van der Waals surface area (Å²) in [5.41, 5.74) is 8.49. The van der Waals surface area contributed by atoms with Crippen LogP contribution in [0.4, 0.5) is 0 Å². The lowest BCUT2D eigenvalue weighted by Crippen LogP contribution is -2.47. The zero-order valence-corrected chi connectivity index (χ0v) is 27.7. The monoisotopic (exact) mass is 631 g/mol. The summed E-state index contributed by atoms with van der Waals surface area (Å²) in [6, 6.07) is 20.4. The maximum atomic E-state index is 14.1. The van der Waals surface area contributed by atoms with E-state index in [-0.39, 0.29) is 41.7 Å². The van der Waals surface area contributed by atoms with Gasteiger partial charge in [-0.1, -0.05) is 42.0 Å². The van der Waals surface area contributed by atoms with Crippen molar-refractivity contribution in [3.05, 3.63) is 106 Å². The van der Waals surface area contributed by atoms with Crippen LogP contribution in [-0.4, -0.2) is 63.5 Å². The fraction of sp³-hybridized carbons (Fsp3) is 0.425. The number of hydrogen-bond donors (Lipinski definition) is 1. The van der Waals surface area contributed by atoms with Gasteiger partial charge in [0.15, 0.2) is 0 Å². The molecule has 7 rings (SSSR count).